The number of amides is 2. The van der Waals surface area contributed by atoms with Gasteiger partial charge in [-0.1, -0.05) is 0 Å². The summed E-state index contributed by atoms with van der Waals surface area (Å²) in [6.45, 7) is 0.00688. The van der Waals surface area contributed by atoms with Crippen molar-refractivity contribution in [2.45, 2.75) is 6.54 Å². The highest BCUT2D eigenvalue weighted by Gasteiger charge is 2.12. The molecule has 2 rings (SSSR count). The zero-order valence-corrected chi connectivity index (χ0v) is 14.6. The van der Waals surface area contributed by atoms with Gasteiger partial charge in [0.05, 0.1) is 32.9 Å². The maximum absolute atomic E-state index is 12.0. The normalized spacial score (nSPS) is 9.72. The Morgan fingerprint density at radius 1 is 1.12 bits per heavy atom. The number of hydrogen-bond donors (Lipinski definition) is 3. The van der Waals surface area contributed by atoms with Gasteiger partial charge in [-0.2, -0.15) is 0 Å². The Hall–Kier alpha value is -2.71. The molecule has 1 aromatic heterocycles. The summed E-state index contributed by atoms with van der Waals surface area (Å²) >= 11 is 0. The molecule has 0 aliphatic carbocycles. The minimum atomic E-state index is -0.420. The second-order valence-corrected chi connectivity index (χ2v) is 4.84. The van der Waals surface area contributed by atoms with Crippen LogP contribution in [-0.4, -0.2) is 32.6 Å². The third-order valence-corrected chi connectivity index (χ3v) is 3.16. The van der Waals surface area contributed by atoms with E-state index in [0.29, 0.717) is 28.5 Å². The van der Waals surface area contributed by atoms with Gasteiger partial charge in [-0.25, -0.2) is 0 Å². The van der Waals surface area contributed by atoms with E-state index in [0.717, 1.165) is 0 Å². The van der Waals surface area contributed by atoms with E-state index in [1.165, 1.54) is 26.5 Å². The van der Waals surface area contributed by atoms with Gasteiger partial charge >= 0.3 is 0 Å². The minimum absolute atomic E-state index is 0. The molecule has 136 valence electrons. The lowest BCUT2D eigenvalue weighted by molar-refractivity contribution is -0.115. The highest BCUT2D eigenvalue weighted by molar-refractivity contribution is 5.99. The Morgan fingerprint density at radius 3 is 2.28 bits per heavy atom. The van der Waals surface area contributed by atoms with Gasteiger partial charge in [0.25, 0.3) is 5.91 Å². The maximum Gasteiger partial charge on any atom is 0.254 e. The third-order valence-electron chi connectivity index (χ3n) is 3.16. The largest absolute Gasteiger partial charge is 0.497 e. The average molecular weight is 370 g/mol. The number of hydrogen-bond acceptors (Lipinski definition) is 6. The van der Waals surface area contributed by atoms with Crippen LogP contribution >= 0.6 is 12.4 Å². The first-order valence-corrected chi connectivity index (χ1v) is 7.14. The molecule has 0 atom stereocenters. The highest BCUT2D eigenvalue weighted by Crippen LogP contribution is 2.25. The molecule has 0 fully saturated rings. The second-order valence-electron chi connectivity index (χ2n) is 4.84. The van der Waals surface area contributed by atoms with Crippen LogP contribution in [0, 0.1) is 0 Å². The standard InChI is InChI=1S/C16H19N3O5.ClH/c1-22-12-4-11(5-13(6-12)23-2)19-15(20)8-18-16(21)10-3-14(7-17)24-9-10;/h3-6,9H,7-8,17H2,1-2H3,(H,18,21)(H,19,20);1H. The molecule has 25 heavy (non-hydrogen) atoms. The number of halogens is 1. The number of nitrogens with two attached hydrogens (primary N) is 1. The predicted molar refractivity (Wildman–Crippen MR) is 94.4 cm³/mol. The highest BCUT2D eigenvalue weighted by atomic mass is 35.5. The SMILES string of the molecule is COc1cc(NC(=O)CNC(=O)c2coc(CN)c2)cc(OC)c1.Cl. The number of nitrogens with one attached hydrogen (secondary N) is 2. The molecule has 0 unspecified atom stereocenters. The zero-order chi connectivity index (χ0) is 17.5. The van der Waals surface area contributed by atoms with Crippen molar-refractivity contribution in [3.8, 4) is 11.5 Å². The Morgan fingerprint density at radius 2 is 1.76 bits per heavy atom. The van der Waals surface area contributed by atoms with Crippen molar-refractivity contribution in [3.63, 3.8) is 0 Å². The summed E-state index contributed by atoms with van der Waals surface area (Å²) < 4.78 is 15.3. The zero-order valence-electron chi connectivity index (χ0n) is 13.8. The Kier molecular flexibility index (Phi) is 7.77. The van der Waals surface area contributed by atoms with Gasteiger partial charge < -0.3 is 30.3 Å². The molecule has 0 spiro atoms. The van der Waals surface area contributed by atoms with Crippen LogP contribution in [0.3, 0.4) is 0 Å². The van der Waals surface area contributed by atoms with Crippen LogP contribution in [0.25, 0.3) is 0 Å². The summed E-state index contributed by atoms with van der Waals surface area (Å²) in [6.07, 6.45) is 1.29. The van der Waals surface area contributed by atoms with Crippen LogP contribution in [0.1, 0.15) is 16.1 Å². The van der Waals surface area contributed by atoms with E-state index in [1.54, 1.807) is 18.2 Å². The van der Waals surface area contributed by atoms with E-state index in [1.807, 2.05) is 0 Å². The van der Waals surface area contributed by atoms with Crippen molar-refractivity contribution >= 4 is 29.9 Å². The van der Waals surface area contributed by atoms with E-state index in [-0.39, 0.29) is 31.4 Å². The molecule has 1 aromatic carbocycles. The van der Waals surface area contributed by atoms with E-state index < -0.39 is 5.91 Å². The number of rotatable bonds is 7. The fraction of sp³-hybridized carbons (Fsp3) is 0.250. The lowest BCUT2D eigenvalue weighted by Crippen LogP contribution is -2.32. The Labute approximate surface area is 151 Å². The topological polar surface area (TPSA) is 116 Å². The van der Waals surface area contributed by atoms with Gasteiger partial charge in [-0.05, 0) is 6.07 Å². The maximum atomic E-state index is 12.0. The van der Waals surface area contributed by atoms with E-state index in [9.17, 15) is 9.59 Å². The van der Waals surface area contributed by atoms with Gasteiger partial charge in [0, 0.05) is 23.9 Å². The van der Waals surface area contributed by atoms with Gasteiger partial charge in [0.15, 0.2) is 0 Å². The molecule has 2 amide bonds. The molecule has 8 nitrogen and oxygen atoms in total. The van der Waals surface area contributed by atoms with Crippen LogP contribution in [0.5, 0.6) is 11.5 Å². The van der Waals surface area contributed by atoms with E-state index in [2.05, 4.69) is 10.6 Å². The fourth-order valence-electron chi connectivity index (χ4n) is 1.95. The Bertz CT molecular complexity index is 710. The molecule has 0 aliphatic heterocycles. The molecular weight excluding hydrogens is 350 g/mol. The predicted octanol–water partition coefficient (Wildman–Crippen LogP) is 1.55. The van der Waals surface area contributed by atoms with Crippen molar-refractivity contribution in [1.29, 1.82) is 0 Å². The van der Waals surface area contributed by atoms with Crippen molar-refractivity contribution in [2.24, 2.45) is 5.73 Å². The van der Waals surface area contributed by atoms with Crippen LogP contribution in [0.4, 0.5) is 5.69 Å². The van der Waals surface area contributed by atoms with Crippen molar-refractivity contribution < 1.29 is 23.5 Å². The molecule has 1 heterocycles. The van der Waals surface area contributed by atoms with Crippen molar-refractivity contribution in [2.75, 3.05) is 26.1 Å². The van der Waals surface area contributed by atoms with E-state index >= 15 is 0 Å². The van der Waals surface area contributed by atoms with Crippen LogP contribution in [-0.2, 0) is 11.3 Å². The first kappa shape index (κ1) is 20.3. The average Bonchev–Trinajstić information content (AvgIpc) is 3.08. The number of ether oxygens (including phenoxy) is 2. The monoisotopic (exact) mass is 369 g/mol. The van der Waals surface area contributed by atoms with Crippen molar-refractivity contribution in [1.82, 2.24) is 5.32 Å². The third kappa shape index (κ3) is 5.70. The first-order valence-electron chi connectivity index (χ1n) is 7.14. The molecule has 0 radical (unpaired) electrons. The van der Waals surface area contributed by atoms with Gasteiger partial charge in [0.2, 0.25) is 5.91 Å². The minimum Gasteiger partial charge on any atom is -0.497 e. The summed E-state index contributed by atoms with van der Waals surface area (Å²) in [4.78, 5) is 23.9. The molecule has 4 N–H and O–H groups in total. The van der Waals surface area contributed by atoms with Gasteiger partial charge in [0.1, 0.15) is 23.5 Å². The first-order chi connectivity index (χ1) is 11.5. The van der Waals surface area contributed by atoms with Crippen LogP contribution in [0.2, 0.25) is 0 Å². The summed E-state index contributed by atoms with van der Waals surface area (Å²) in [5.41, 5.74) is 6.22. The summed E-state index contributed by atoms with van der Waals surface area (Å²) in [5.74, 6) is 0.772. The van der Waals surface area contributed by atoms with Crippen LogP contribution < -0.4 is 25.8 Å². The summed E-state index contributed by atoms with van der Waals surface area (Å²) in [5, 5.41) is 5.16. The molecule has 0 saturated carbocycles. The Balaban J connectivity index is 0.00000312. The molecule has 0 aliphatic rings. The second kappa shape index (κ2) is 9.55. The van der Waals surface area contributed by atoms with Crippen LogP contribution in [0.15, 0.2) is 34.9 Å². The van der Waals surface area contributed by atoms with Gasteiger partial charge in [-0.3, -0.25) is 9.59 Å². The number of methoxy groups -OCH3 is 2. The molecule has 0 saturated heterocycles. The molecule has 9 heteroatoms. The lowest BCUT2D eigenvalue weighted by atomic mass is 10.2. The summed E-state index contributed by atoms with van der Waals surface area (Å²) in [7, 11) is 3.03. The fourth-order valence-corrected chi connectivity index (χ4v) is 1.95. The number of furan rings is 1. The number of anilines is 1. The number of benzene rings is 1. The smallest absolute Gasteiger partial charge is 0.254 e. The molecular formula is C16H20ClN3O5. The number of carbonyl (C=O) groups excluding carboxylic acids is 2. The summed E-state index contributed by atoms with van der Waals surface area (Å²) in [6, 6.07) is 6.50. The molecule has 0 bridgehead atoms. The quantitative estimate of drug-likeness (QED) is 0.681. The van der Waals surface area contributed by atoms with Gasteiger partial charge in [-0.15, -0.1) is 12.4 Å². The lowest BCUT2D eigenvalue weighted by Gasteiger charge is -2.10. The van der Waals surface area contributed by atoms with Crippen molar-refractivity contribution in [3.05, 3.63) is 41.9 Å². The number of carbonyl (C=O) groups is 2. The molecule has 2 aromatic rings. The van der Waals surface area contributed by atoms with E-state index in [4.69, 9.17) is 19.6 Å².